The Balaban J connectivity index is 1.27. The van der Waals surface area contributed by atoms with Gasteiger partial charge in [-0.1, -0.05) is 78.4 Å². The second-order valence-electron chi connectivity index (χ2n) is 9.59. The summed E-state index contributed by atoms with van der Waals surface area (Å²) in [5, 5.41) is 0.962. The second-order valence-corrected chi connectivity index (χ2v) is 9.59. The number of likely N-dealkylation sites (tertiary alicyclic amines) is 1. The van der Waals surface area contributed by atoms with E-state index in [1.54, 1.807) is 0 Å². The Kier molecular flexibility index (Phi) is 6.82. The number of fused-ring (bicyclic) bond motifs is 1. The molecule has 3 heteroatoms. The number of aryl methyl sites for hydroxylation is 1. The molecule has 1 aromatic heterocycles. The molecule has 34 heavy (non-hydrogen) atoms. The van der Waals surface area contributed by atoms with Gasteiger partial charge in [-0.2, -0.15) is 0 Å². The predicted octanol–water partition coefficient (Wildman–Crippen LogP) is 6.74. The van der Waals surface area contributed by atoms with Gasteiger partial charge >= 0.3 is 0 Å². The predicted molar refractivity (Wildman–Crippen MR) is 140 cm³/mol. The molecule has 0 saturated carbocycles. The molecule has 0 radical (unpaired) electrons. The van der Waals surface area contributed by atoms with Crippen LogP contribution in [0.3, 0.4) is 0 Å². The number of carbonyl (C=O) groups excluding carboxylic acids is 1. The summed E-state index contributed by atoms with van der Waals surface area (Å²) in [5.74, 6) is 0.699. The number of aromatic nitrogens is 1. The number of para-hydroxylation sites is 1. The molecule has 2 heterocycles. The Hall–Kier alpha value is -3.30. The summed E-state index contributed by atoms with van der Waals surface area (Å²) in [4.78, 5) is 20.9. The highest BCUT2D eigenvalue weighted by molar-refractivity contribution is 6.08. The van der Waals surface area contributed by atoms with E-state index in [1.165, 1.54) is 11.1 Å². The number of Topliss-reactive ketones (excluding diaryl/α,β-unsaturated/α-hetero) is 1. The van der Waals surface area contributed by atoms with Crippen molar-refractivity contribution in [2.75, 3.05) is 19.6 Å². The number of rotatable bonds is 7. The maximum atomic E-state index is 13.5. The Labute approximate surface area is 202 Å². The summed E-state index contributed by atoms with van der Waals surface area (Å²) in [7, 11) is 0. The average Bonchev–Trinajstić information content (AvgIpc) is 2.88. The van der Waals surface area contributed by atoms with Gasteiger partial charge in [-0.15, -0.1) is 0 Å². The summed E-state index contributed by atoms with van der Waals surface area (Å²) >= 11 is 0. The van der Waals surface area contributed by atoms with Gasteiger partial charge in [0.2, 0.25) is 0 Å². The maximum absolute atomic E-state index is 13.5. The minimum absolute atomic E-state index is 0.245. The fourth-order valence-electron chi connectivity index (χ4n) is 5.00. The molecule has 1 fully saturated rings. The monoisotopic (exact) mass is 448 g/mol. The van der Waals surface area contributed by atoms with E-state index in [0.29, 0.717) is 12.3 Å². The Morgan fingerprint density at radius 2 is 1.62 bits per heavy atom. The molecule has 0 N–H and O–H groups in total. The molecule has 0 spiro atoms. The lowest BCUT2D eigenvalue weighted by atomic mass is 9.88. The third-order valence-electron chi connectivity index (χ3n) is 7.10. The number of carbonyl (C=O) groups is 1. The fraction of sp³-hybridized carbons (Fsp3) is 0.290. The van der Waals surface area contributed by atoms with Crippen LogP contribution in [0, 0.1) is 12.8 Å². The number of nitrogens with zero attached hydrogens (tertiary/aromatic N) is 2. The first-order valence-corrected chi connectivity index (χ1v) is 12.4. The van der Waals surface area contributed by atoms with Crippen molar-refractivity contribution in [1.29, 1.82) is 0 Å². The molecule has 172 valence electrons. The van der Waals surface area contributed by atoms with Gasteiger partial charge in [0, 0.05) is 29.5 Å². The summed E-state index contributed by atoms with van der Waals surface area (Å²) in [5.41, 5.74) is 6.24. The third-order valence-corrected chi connectivity index (χ3v) is 7.10. The molecule has 0 atom stereocenters. The van der Waals surface area contributed by atoms with E-state index in [1.807, 2.05) is 30.3 Å². The van der Waals surface area contributed by atoms with E-state index in [0.717, 1.165) is 66.6 Å². The number of hydrogen-bond donors (Lipinski definition) is 0. The molecular formula is C31H32N2O. The van der Waals surface area contributed by atoms with Crippen LogP contribution in [0.1, 0.15) is 40.7 Å². The Morgan fingerprint density at radius 3 is 2.38 bits per heavy atom. The van der Waals surface area contributed by atoms with Crippen LogP contribution in [-0.2, 0) is 6.42 Å². The van der Waals surface area contributed by atoms with Crippen molar-refractivity contribution in [2.45, 2.75) is 32.6 Å². The van der Waals surface area contributed by atoms with E-state index in [2.05, 4.69) is 66.4 Å². The van der Waals surface area contributed by atoms with Crippen LogP contribution in [0.4, 0.5) is 0 Å². The van der Waals surface area contributed by atoms with Crippen LogP contribution in [0.5, 0.6) is 0 Å². The first-order valence-electron chi connectivity index (χ1n) is 12.4. The zero-order valence-corrected chi connectivity index (χ0v) is 19.9. The molecule has 3 nitrogen and oxygen atoms in total. The van der Waals surface area contributed by atoms with Gasteiger partial charge in [0.25, 0.3) is 0 Å². The highest BCUT2D eigenvalue weighted by atomic mass is 16.1. The zero-order valence-electron chi connectivity index (χ0n) is 19.9. The molecular weight excluding hydrogens is 416 g/mol. The molecule has 0 amide bonds. The molecule has 1 saturated heterocycles. The second kappa shape index (κ2) is 10.3. The van der Waals surface area contributed by atoms with E-state index in [-0.39, 0.29) is 5.78 Å². The number of ketones is 1. The third kappa shape index (κ3) is 5.26. The van der Waals surface area contributed by atoms with E-state index >= 15 is 0 Å². The van der Waals surface area contributed by atoms with Gasteiger partial charge < -0.3 is 4.90 Å². The lowest BCUT2D eigenvalue weighted by Crippen LogP contribution is -2.35. The molecule has 1 aliphatic heterocycles. The van der Waals surface area contributed by atoms with E-state index in [4.69, 9.17) is 4.98 Å². The van der Waals surface area contributed by atoms with Crippen LogP contribution in [0.15, 0.2) is 84.9 Å². The first kappa shape index (κ1) is 22.5. The normalized spacial score (nSPS) is 15.0. The van der Waals surface area contributed by atoms with Crippen LogP contribution >= 0.6 is 0 Å². The molecule has 0 bridgehead atoms. The van der Waals surface area contributed by atoms with Gasteiger partial charge in [0.1, 0.15) is 0 Å². The Bertz CT molecular complexity index is 1260. The van der Waals surface area contributed by atoms with Crippen molar-refractivity contribution in [3.63, 3.8) is 0 Å². The summed E-state index contributed by atoms with van der Waals surface area (Å²) < 4.78 is 0. The minimum Gasteiger partial charge on any atom is -0.303 e. The van der Waals surface area contributed by atoms with Crippen LogP contribution in [-0.4, -0.2) is 35.3 Å². The molecule has 0 unspecified atom stereocenters. The van der Waals surface area contributed by atoms with Crippen molar-refractivity contribution < 1.29 is 4.79 Å². The summed E-state index contributed by atoms with van der Waals surface area (Å²) in [6.07, 6.45) is 3.89. The van der Waals surface area contributed by atoms with Gasteiger partial charge in [0.15, 0.2) is 5.78 Å². The number of piperidine rings is 1. The molecule has 0 aliphatic carbocycles. The highest BCUT2D eigenvalue weighted by Crippen LogP contribution is 2.29. The van der Waals surface area contributed by atoms with Crippen molar-refractivity contribution in [1.82, 2.24) is 9.88 Å². The van der Waals surface area contributed by atoms with Crippen LogP contribution < -0.4 is 0 Å². The van der Waals surface area contributed by atoms with Gasteiger partial charge in [-0.25, -0.2) is 4.98 Å². The number of pyridine rings is 1. The topological polar surface area (TPSA) is 33.2 Å². The fourth-order valence-corrected chi connectivity index (χ4v) is 5.00. The van der Waals surface area contributed by atoms with Crippen molar-refractivity contribution in [2.24, 2.45) is 5.92 Å². The van der Waals surface area contributed by atoms with Crippen LogP contribution in [0.2, 0.25) is 0 Å². The SMILES string of the molecule is Cc1ccc(-c2cc(C(=O)CC3CCN(CCc4ccccc4)CC3)c3ccccc3n2)cc1. The van der Waals surface area contributed by atoms with Gasteiger partial charge in [-0.3, -0.25) is 4.79 Å². The molecule has 5 rings (SSSR count). The van der Waals surface area contributed by atoms with E-state index in [9.17, 15) is 4.79 Å². The maximum Gasteiger partial charge on any atom is 0.163 e. The molecule has 3 aromatic carbocycles. The molecule has 4 aromatic rings. The smallest absolute Gasteiger partial charge is 0.163 e. The average molecular weight is 449 g/mol. The minimum atomic E-state index is 0.245. The Morgan fingerprint density at radius 1 is 0.912 bits per heavy atom. The largest absolute Gasteiger partial charge is 0.303 e. The highest BCUT2D eigenvalue weighted by Gasteiger charge is 2.23. The van der Waals surface area contributed by atoms with Crippen molar-refractivity contribution in [3.05, 3.63) is 102 Å². The lowest BCUT2D eigenvalue weighted by Gasteiger charge is -2.31. The standard InChI is InChI=1S/C31H32N2O/c1-23-11-13-26(14-12-23)30-22-28(27-9-5-6-10-29(27)32-30)31(34)21-25-16-19-33(20-17-25)18-15-24-7-3-2-4-8-24/h2-14,22,25H,15-21H2,1H3. The zero-order chi connectivity index (χ0) is 23.3. The van der Waals surface area contributed by atoms with Crippen molar-refractivity contribution in [3.8, 4) is 11.3 Å². The molecule has 1 aliphatic rings. The quantitative estimate of drug-likeness (QED) is 0.294. The van der Waals surface area contributed by atoms with Gasteiger partial charge in [0.05, 0.1) is 11.2 Å². The first-order chi connectivity index (χ1) is 16.7. The summed E-state index contributed by atoms with van der Waals surface area (Å²) in [6.45, 7) is 5.34. The van der Waals surface area contributed by atoms with E-state index < -0.39 is 0 Å². The lowest BCUT2D eigenvalue weighted by molar-refractivity contribution is 0.0930. The van der Waals surface area contributed by atoms with Crippen molar-refractivity contribution >= 4 is 16.7 Å². The number of benzene rings is 3. The summed E-state index contributed by atoms with van der Waals surface area (Å²) in [6, 6.07) is 29.1. The van der Waals surface area contributed by atoms with Crippen LogP contribution in [0.25, 0.3) is 22.2 Å². The van der Waals surface area contributed by atoms with Gasteiger partial charge in [-0.05, 0) is 62.9 Å². The number of hydrogen-bond acceptors (Lipinski definition) is 3.